The number of pyridine rings is 2. The Kier molecular flexibility index (Phi) is 1.70. The highest BCUT2D eigenvalue weighted by molar-refractivity contribution is 6.34. The van der Waals surface area contributed by atoms with Gasteiger partial charge in [-0.15, -0.1) is 0 Å². The van der Waals surface area contributed by atoms with E-state index in [4.69, 9.17) is 11.6 Å². The lowest BCUT2D eigenvalue weighted by Crippen LogP contribution is -1.84. The Morgan fingerprint density at radius 1 is 1.42 bits per heavy atom. The van der Waals surface area contributed by atoms with Crippen LogP contribution >= 0.6 is 11.6 Å². The van der Waals surface area contributed by atoms with Gasteiger partial charge < -0.3 is 0 Å². The zero-order chi connectivity index (χ0) is 8.55. The van der Waals surface area contributed by atoms with E-state index in [1.807, 2.05) is 19.1 Å². The van der Waals surface area contributed by atoms with Crippen molar-refractivity contribution in [3.8, 4) is 0 Å². The Bertz CT molecular complexity index is 426. The zero-order valence-corrected chi connectivity index (χ0v) is 7.34. The quantitative estimate of drug-likeness (QED) is 0.580. The first-order chi connectivity index (χ1) is 5.77. The van der Waals surface area contributed by atoms with Crippen molar-refractivity contribution in [3.05, 3.63) is 35.4 Å². The van der Waals surface area contributed by atoms with Crippen LogP contribution in [-0.2, 0) is 0 Å². The topological polar surface area (TPSA) is 25.8 Å². The molecule has 0 spiro atoms. The number of aryl methyl sites for hydroxylation is 1. The van der Waals surface area contributed by atoms with Crippen molar-refractivity contribution in [3.63, 3.8) is 0 Å². The standard InChI is InChI=1S/C9H7ClN2/c1-6-4-7-5-11-3-2-8(7)9(10)12-6/h2-5H,1H3. The van der Waals surface area contributed by atoms with Gasteiger partial charge in [-0.25, -0.2) is 4.98 Å². The van der Waals surface area contributed by atoms with E-state index in [2.05, 4.69) is 9.97 Å². The van der Waals surface area contributed by atoms with Crippen LogP contribution in [-0.4, -0.2) is 9.97 Å². The number of halogens is 1. The molecule has 2 aromatic rings. The molecule has 0 saturated heterocycles. The Hall–Kier alpha value is -1.15. The molecule has 0 atom stereocenters. The van der Waals surface area contributed by atoms with Gasteiger partial charge >= 0.3 is 0 Å². The highest BCUT2D eigenvalue weighted by atomic mass is 35.5. The second-order valence-electron chi connectivity index (χ2n) is 2.65. The molecule has 0 aliphatic carbocycles. The highest BCUT2D eigenvalue weighted by Crippen LogP contribution is 2.20. The predicted molar refractivity (Wildman–Crippen MR) is 49.3 cm³/mol. The maximum atomic E-state index is 5.92. The molecule has 2 heterocycles. The van der Waals surface area contributed by atoms with Gasteiger partial charge in [0.15, 0.2) is 0 Å². The molecule has 0 N–H and O–H groups in total. The first-order valence-electron chi connectivity index (χ1n) is 3.64. The Balaban J connectivity index is 2.89. The van der Waals surface area contributed by atoms with Gasteiger partial charge in [0.1, 0.15) is 5.15 Å². The molecule has 0 aliphatic rings. The Morgan fingerprint density at radius 2 is 2.25 bits per heavy atom. The summed E-state index contributed by atoms with van der Waals surface area (Å²) in [5.41, 5.74) is 0.917. The minimum absolute atomic E-state index is 0.549. The molecule has 3 heteroatoms. The van der Waals surface area contributed by atoms with E-state index in [0.29, 0.717) is 5.15 Å². The van der Waals surface area contributed by atoms with Crippen LogP contribution < -0.4 is 0 Å². The largest absolute Gasteiger partial charge is 0.264 e. The Labute approximate surface area is 75.2 Å². The molecule has 2 nitrogen and oxygen atoms in total. The summed E-state index contributed by atoms with van der Waals surface area (Å²) in [5, 5.41) is 2.54. The molecule has 0 radical (unpaired) electrons. The third kappa shape index (κ3) is 1.14. The second kappa shape index (κ2) is 2.72. The molecular weight excluding hydrogens is 172 g/mol. The third-order valence-corrected chi connectivity index (χ3v) is 2.00. The number of fused-ring (bicyclic) bond motifs is 1. The van der Waals surface area contributed by atoms with E-state index < -0.39 is 0 Å². The van der Waals surface area contributed by atoms with Crippen LogP contribution in [0.1, 0.15) is 5.69 Å². The van der Waals surface area contributed by atoms with Gasteiger partial charge in [-0.1, -0.05) is 11.6 Å². The summed E-state index contributed by atoms with van der Waals surface area (Å²) >= 11 is 5.92. The van der Waals surface area contributed by atoms with Crippen LogP contribution in [0.4, 0.5) is 0 Å². The van der Waals surface area contributed by atoms with Crippen molar-refractivity contribution < 1.29 is 0 Å². The number of nitrogens with zero attached hydrogens (tertiary/aromatic N) is 2. The molecule has 60 valence electrons. The summed E-state index contributed by atoms with van der Waals surface area (Å²) in [6.07, 6.45) is 3.50. The monoisotopic (exact) mass is 178 g/mol. The van der Waals surface area contributed by atoms with Crippen LogP contribution in [0.15, 0.2) is 24.5 Å². The van der Waals surface area contributed by atoms with Gasteiger partial charge in [0, 0.05) is 28.9 Å². The predicted octanol–water partition coefficient (Wildman–Crippen LogP) is 2.59. The normalized spacial score (nSPS) is 10.5. The van der Waals surface area contributed by atoms with Gasteiger partial charge in [0.25, 0.3) is 0 Å². The summed E-state index contributed by atoms with van der Waals surface area (Å²) in [4.78, 5) is 8.15. The summed E-state index contributed by atoms with van der Waals surface area (Å²) in [6, 6.07) is 3.83. The number of rotatable bonds is 0. The molecule has 0 amide bonds. The van der Waals surface area contributed by atoms with E-state index in [-0.39, 0.29) is 0 Å². The molecule has 0 aromatic carbocycles. The fourth-order valence-electron chi connectivity index (χ4n) is 1.18. The maximum absolute atomic E-state index is 5.92. The maximum Gasteiger partial charge on any atom is 0.137 e. The first kappa shape index (κ1) is 7.50. The van der Waals surface area contributed by atoms with E-state index in [0.717, 1.165) is 16.5 Å². The summed E-state index contributed by atoms with van der Waals surface area (Å²) in [6.45, 7) is 1.92. The minimum Gasteiger partial charge on any atom is -0.264 e. The van der Waals surface area contributed by atoms with E-state index in [9.17, 15) is 0 Å². The summed E-state index contributed by atoms with van der Waals surface area (Å²) in [7, 11) is 0. The van der Waals surface area contributed by atoms with Gasteiger partial charge in [-0.05, 0) is 19.1 Å². The number of hydrogen-bond donors (Lipinski definition) is 0. The Morgan fingerprint density at radius 3 is 3.08 bits per heavy atom. The lowest BCUT2D eigenvalue weighted by atomic mass is 10.2. The fourth-order valence-corrected chi connectivity index (χ4v) is 1.49. The van der Waals surface area contributed by atoms with Crippen molar-refractivity contribution in [2.75, 3.05) is 0 Å². The smallest absolute Gasteiger partial charge is 0.137 e. The molecular formula is C9H7ClN2. The zero-order valence-electron chi connectivity index (χ0n) is 6.58. The summed E-state index contributed by atoms with van der Waals surface area (Å²) < 4.78 is 0. The van der Waals surface area contributed by atoms with E-state index in [1.54, 1.807) is 12.4 Å². The molecule has 0 fully saturated rings. The first-order valence-corrected chi connectivity index (χ1v) is 4.02. The lowest BCUT2D eigenvalue weighted by molar-refractivity contribution is 1.22. The van der Waals surface area contributed by atoms with Crippen LogP contribution in [0.5, 0.6) is 0 Å². The van der Waals surface area contributed by atoms with Crippen molar-refractivity contribution in [2.45, 2.75) is 6.92 Å². The highest BCUT2D eigenvalue weighted by Gasteiger charge is 1.99. The molecule has 12 heavy (non-hydrogen) atoms. The van der Waals surface area contributed by atoms with Gasteiger partial charge in [-0.3, -0.25) is 4.98 Å². The van der Waals surface area contributed by atoms with Crippen LogP contribution in [0.2, 0.25) is 5.15 Å². The molecule has 0 saturated carbocycles. The SMILES string of the molecule is Cc1cc2cnccc2c(Cl)n1. The number of hydrogen-bond acceptors (Lipinski definition) is 2. The van der Waals surface area contributed by atoms with Crippen LogP contribution in [0, 0.1) is 6.92 Å². The third-order valence-electron chi connectivity index (χ3n) is 1.71. The molecule has 2 rings (SSSR count). The second-order valence-corrected chi connectivity index (χ2v) is 3.01. The number of aromatic nitrogens is 2. The van der Waals surface area contributed by atoms with Crippen LogP contribution in [0.3, 0.4) is 0 Å². The lowest BCUT2D eigenvalue weighted by Gasteiger charge is -1.99. The molecule has 0 unspecified atom stereocenters. The molecule has 0 aliphatic heterocycles. The summed E-state index contributed by atoms with van der Waals surface area (Å²) in [5.74, 6) is 0. The minimum atomic E-state index is 0.549. The van der Waals surface area contributed by atoms with Crippen molar-refractivity contribution in [2.24, 2.45) is 0 Å². The van der Waals surface area contributed by atoms with Crippen molar-refractivity contribution in [1.82, 2.24) is 9.97 Å². The average Bonchev–Trinajstić information content (AvgIpc) is 2.04. The van der Waals surface area contributed by atoms with Gasteiger partial charge in [-0.2, -0.15) is 0 Å². The van der Waals surface area contributed by atoms with Gasteiger partial charge in [0.2, 0.25) is 0 Å². The van der Waals surface area contributed by atoms with Crippen molar-refractivity contribution in [1.29, 1.82) is 0 Å². The molecule has 0 bridgehead atoms. The average molecular weight is 179 g/mol. The molecule has 2 aromatic heterocycles. The van der Waals surface area contributed by atoms with E-state index in [1.165, 1.54) is 0 Å². The fraction of sp³-hybridized carbons (Fsp3) is 0.111. The van der Waals surface area contributed by atoms with Crippen LogP contribution in [0.25, 0.3) is 10.8 Å². The van der Waals surface area contributed by atoms with E-state index >= 15 is 0 Å². The van der Waals surface area contributed by atoms with Gasteiger partial charge in [0.05, 0.1) is 0 Å². The van der Waals surface area contributed by atoms with Crippen molar-refractivity contribution >= 4 is 22.4 Å².